The minimum Gasteiger partial charge on any atom is -0.348 e. The van der Waals surface area contributed by atoms with Crippen molar-refractivity contribution < 1.29 is 0 Å². The molecule has 2 rings (SSSR count). The van der Waals surface area contributed by atoms with E-state index in [0.717, 1.165) is 11.4 Å². The van der Waals surface area contributed by atoms with Crippen molar-refractivity contribution in [1.29, 1.82) is 0 Å². The zero-order valence-corrected chi connectivity index (χ0v) is 9.75. The Balaban J connectivity index is 2.23. The average molecular weight is 231 g/mol. The number of rotatable bonds is 4. The standard InChI is InChI=1S/C10H13N7/c1-4-5-11-9-12-14-10(15-13-9)17-8(3)6-7(2)16-17/h4,6H,1,5H2,2-3H3,(H,11,12,13). The van der Waals surface area contributed by atoms with Gasteiger partial charge in [0.2, 0.25) is 0 Å². The number of anilines is 1. The van der Waals surface area contributed by atoms with Gasteiger partial charge in [0.1, 0.15) is 0 Å². The first kappa shape index (κ1) is 11.2. The average Bonchev–Trinajstić information content (AvgIpc) is 2.66. The van der Waals surface area contributed by atoms with E-state index in [1.54, 1.807) is 10.8 Å². The molecule has 0 saturated heterocycles. The van der Waals surface area contributed by atoms with Gasteiger partial charge in [-0.25, -0.2) is 4.68 Å². The van der Waals surface area contributed by atoms with Gasteiger partial charge < -0.3 is 5.32 Å². The molecule has 2 aromatic heterocycles. The summed E-state index contributed by atoms with van der Waals surface area (Å²) in [6, 6.07) is 1.94. The van der Waals surface area contributed by atoms with Crippen LogP contribution in [0.3, 0.4) is 0 Å². The van der Waals surface area contributed by atoms with Crippen LogP contribution in [0.4, 0.5) is 5.95 Å². The second-order valence-electron chi connectivity index (χ2n) is 3.53. The van der Waals surface area contributed by atoms with Crippen LogP contribution < -0.4 is 5.32 Å². The topological polar surface area (TPSA) is 81.4 Å². The molecule has 88 valence electrons. The normalized spacial score (nSPS) is 10.2. The maximum atomic E-state index is 4.25. The Bertz CT molecular complexity index is 514. The molecule has 0 fully saturated rings. The molecule has 0 radical (unpaired) electrons. The zero-order valence-electron chi connectivity index (χ0n) is 9.75. The van der Waals surface area contributed by atoms with Crippen molar-refractivity contribution >= 4 is 5.95 Å². The third-order valence-corrected chi connectivity index (χ3v) is 2.07. The number of aromatic nitrogens is 6. The SMILES string of the molecule is C=CCNc1nnc(-n2nc(C)cc2C)nn1. The quantitative estimate of drug-likeness (QED) is 0.779. The molecule has 7 heteroatoms. The molecule has 0 saturated carbocycles. The molecule has 0 aliphatic heterocycles. The van der Waals surface area contributed by atoms with E-state index in [-0.39, 0.29) is 0 Å². The molecule has 7 nitrogen and oxygen atoms in total. The van der Waals surface area contributed by atoms with E-state index < -0.39 is 0 Å². The van der Waals surface area contributed by atoms with Crippen LogP contribution in [0.15, 0.2) is 18.7 Å². The van der Waals surface area contributed by atoms with E-state index in [1.807, 2.05) is 19.9 Å². The van der Waals surface area contributed by atoms with E-state index in [9.17, 15) is 0 Å². The van der Waals surface area contributed by atoms with E-state index >= 15 is 0 Å². The maximum Gasteiger partial charge on any atom is 0.289 e. The van der Waals surface area contributed by atoms with Crippen LogP contribution in [0.1, 0.15) is 11.4 Å². The fourth-order valence-corrected chi connectivity index (χ4v) is 1.37. The van der Waals surface area contributed by atoms with Crippen LogP contribution in [0.25, 0.3) is 5.95 Å². The molecule has 0 aliphatic carbocycles. The highest BCUT2D eigenvalue weighted by atomic mass is 15.5. The van der Waals surface area contributed by atoms with Crippen LogP contribution >= 0.6 is 0 Å². The number of nitrogens with one attached hydrogen (secondary N) is 1. The second kappa shape index (κ2) is 4.69. The van der Waals surface area contributed by atoms with Crippen molar-refractivity contribution in [3.63, 3.8) is 0 Å². The van der Waals surface area contributed by atoms with Crippen molar-refractivity contribution in [3.8, 4) is 5.95 Å². The van der Waals surface area contributed by atoms with E-state index in [2.05, 4.69) is 37.4 Å². The predicted octanol–water partition coefficient (Wildman–Crippen LogP) is 0.667. The van der Waals surface area contributed by atoms with Crippen LogP contribution in [0, 0.1) is 13.8 Å². The summed E-state index contributed by atoms with van der Waals surface area (Å²) in [5.41, 5.74) is 1.85. The fourth-order valence-electron chi connectivity index (χ4n) is 1.37. The summed E-state index contributed by atoms with van der Waals surface area (Å²) in [6.45, 7) is 7.99. The van der Waals surface area contributed by atoms with Gasteiger partial charge in [0, 0.05) is 12.2 Å². The van der Waals surface area contributed by atoms with Gasteiger partial charge in [-0.1, -0.05) is 6.08 Å². The first-order chi connectivity index (χ1) is 8.20. The number of hydrogen-bond acceptors (Lipinski definition) is 6. The Hall–Kier alpha value is -2.31. The Morgan fingerprint density at radius 1 is 1.29 bits per heavy atom. The molecule has 0 aliphatic rings. The highest BCUT2D eigenvalue weighted by molar-refractivity contribution is 5.23. The Morgan fingerprint density at radius 3 is 2.53 bits per heavy atom. The largest absolute Gasteiger partial charge is 0.348 e. The summed E-state index contributed by atoms with van der Waals surface area (Å²) in [5, 5.41) is 22.9. The summed E-state index contributed by atoms with van der Waals surface area (Å²) in [6.07, 6.45) is 1.71. The van der Waals surface area contributed by atoms with Gasteiger partial charge >= 0.3 is 0 Å². The molecule has 0 unspecified atom stereocenters. The zero-order chi connectivity index (χ0) is 12.3. The van der Waals surface area contributed by atoms with Gasteiger partial charge in [-0.15, -0.1) is 27.0 Å². The molecule has 0 amide bonds. The first-order valence-electron chi connectivity index (χ1n) is 5.16. The van der Waals surface area contributed by atoms with Crippen molar-refractivity contribution in [2.75, 3.05) is 11.9 Å². The molecule has 0 spiro atoms. The molecule has 0 atom stereocenters. The Morgan fingerprint density at radius 2 is 2.00 bits per heavy atom. The minimum absolute atomic E-state index is 0.361. The Labute approximate surface area is 98.6 Å². The number of nitrogens with zero attached hydrogens (tertiary/aromatic N) is 6. The van der Waals surface area contributed by atoms with Gasteiger partial charge in [-0.05, 0) is 19.9 Å². The molecule has 17 heavy (non-hydrogen) atoms. The maximum absolute atomic E-state index is 4.25. The monoisotopic (exact) mass is 231 g/mol. The molecule has 2 aromatic rings. The van der Waals surface area contributed by atoms with Gasteiger partial charge in [0.15, 0.2) is 0 Å². The van der Waals surface area contributed by atoms with Crippen molar-refractivity contribution in [3.05, 3.63) is 30.1 Å². The molecule has 0 aromatic carbocycles. The second-order valence-corrected chi connectivity index (χ2v) is 3.53. The smallest absolute Gasteiger partial charge is 0.289 e. The molecular formula is C10H13N7. The molecule has 0 bridgehead atoms. The number of aryl methyl sites for hydroxylation is 2. The third kappa shape index (κ3) is 2.44. The lowest BCUT2D eigenvalue weighted by Gasteiger charge is -2.02. The lowest BCUT2D eigenvalue weighted by atomic mass is 10.4. The van der Waals surface area contributed by atoms with E-state index in [1.165, 1.54) is 0 Å². The van der Waals surface area contributed by atoms with E-state index in [0.29, 0.717) is 18.4 Å². The van der Waals surface area contributed by atoms with Crippen LogP contribution in [0.2, 0.25) is 0 Å². The van der Waals surface area contributed by atoms with Gasteiger partial charge in [0.25, 0.3) is 11.9 Å². The Kier molecular flexibility index (Phi) is 3.08. The summed E-state index contributed by atoms with van der Waals surface area (Å²) >= 11 is 0. The van der Waals surface area contributed by atoms with Crippen molar-refractivity contribution in [2.24, 2.45) is 0 Å². The summed E-state index contributed by atoms with van der Waals surface area (Å²) in [5.74, 6) is 0.731. The fraction of sp³-hybridized carbons (Fsp3) is 0.300. The molecule has 2 heterocycles. The van der Waals surface area contributed by atoms with E-state index in [4.69, 9.17) is 0 Å². The van der Waals surface area contributed by atoms with Crippen molar-refractivity contribution in [2.45, 2.75) is 13.8 Å². The predicted molar refractivity (Wildman–Crippen MR) is 62.9 cm³/mol. The first-order valence-corrected chi connectivity index (χ1v) is 5.16. The van der Waals surface area contributed by atoms with Gasteiger partial charge in [0.05, 0.1) is 5.69 Å². The van der Waals surface area contributed by atoms with Crippen molar-refractivity contribution in [1.82, 2.24) is 30.2 Å². The van der Waals surface area contributed by atoms with Gasteiger partial charge in [-0.3, -0.25) is 0 Å². The number of hydrogen-bond donors (Lipinski definition) is 1. The summed E-state index contributed by atoms with van der Waals surface area (Å²) in [7, 11) is 0. The highest BCUT2D eigenvalue weighted by Gasteiger charge is 2.07. The lowest BCUT2D eigenvalue weighted by molar-refractivity contribution is 0.711. The van der Waals surface area contributed by atoms with Crippen LogP contribution in [-0.2, 0) is 0 Å². The summed E-state index contributed by atoms with van der Waals surface area (Å²) in [4.78, 5) is 0. The minimum atomic E-state index is 0.361. The van der Waals surface area contributed by atoms with Crippen LogP contribution in [0.5, 0.6) is 0 Å². The molecular weight excluding hydrogens is 218 g/mol. The van der Waals surface area contributed by atoms with Gasteiger partial charge in [-0.2, -0.15) is 5.10 Å². The molecule has 1 N–H and O–H groups in total. The highest BCUT2D eigenvalue weighted by Crippen LogP contribution is 2.06. The summed E-state index contributed by atoms with van der Waals surface area (Å²) < 4.78 is 1.60. The lowest BCUT2D eigenvalue weighted by Crippen LogP contribution is -2.11. The van der Waals surface area contributed by atoms with Crippen LogP contribution in [-0.4, -0.2) is 36.7 Å². The third-order valence-electron chi connectivity index (χ3n) is 2.07.